The zero-order valence-corrected chi connectivity index (χ0v) is 12.0. The predicted molar refractivity (Wildman–Crippen MR) is 80.9 cm³/mol. The lowest BCUT2D eigenvalue weighted by atomic mass is 10.1. The van der Waals surface area contributed by atoms with Gasteiger partial charge in [0, 0.05) is 18.7 Å². The van der Waals surface area contributed by atoms with Crippen LogP contribution in [-0.4, -0.2) is 34.1 Å². The summed E-state index contributed by atoms with van der Waals surface area (Å²) in [5, 5.41) is 9.63. The highest BCUT2D eigenvalue weighted by Crippen LogP contribution is 2.32. The van der Waals surface area contributed by atoms with Crippen LogP contribution in [0.15, 0.2) is 30.6 Å². The molecular weight excluding hydrogens is 290 g/mol. The van der Waals surface area contributed by atoms with E-state index in [1.807, 2.05) is 18.2 Å². The normalized spacial score (nSPS) is 14.4. The Morgan fingerprint density at radius 1 is 1.19 bits per heavy atom. The number of halogens is 1. The van der Waals surface area contributed by atoms with Gasteiger partial charge < -0.3 is 10.0 Å². The highest BCUT2D eigenvalue weighted by molar-refractivity contribution is 6.33. The highest BCUT2D eigenvalue weighted by atomic mass is 35.5. The minimum absolute atomic E-state index is 0.0280. The average Bonchev–Trinajstić information content (AvgIpc) is 3.01. The molecule has 0 radical (unpaired) electrons. The summed E-state index contributed by atoms with van der Waals surface area (Å²) in [7, 11) is 0. The van der Waals surface area contributed by atoms with E-state index in [4.69, 9.17) is 16.7 Å². The summed E-state index contributed by atoms with van der Waals surface area (Å²) >= 11 is 6.36. The van der Waals surface area contributed by atoms with Gasteiger partial charge in [-0.3, -0.25) is 0 Å². The van der Waals surface area contributed by atoms with Gasteiger partial charge in [0.25, 0.3) is 0 Å². The van der Waals surface area contributed by atoms with Gasteiger partial charge in [-0.15, -0.1) is 0 Å². The molecule has 0 saturated carbocycles. The van der Waals surface area contributed by atoms with E-state index in [0.717, 1.165) is 24.3 Å². The third kappa shape index (κ3) is 2.83. The smallest absolute Gasteiger partial charge is 0.354 e. The number of rotatable bonds is 3. The molecule has 0 atom stereocenters. The summed E-state index contributed by atoms with van der Waals surface area (Å²) in [6, 6.07) is 7.14. The third-order valence-corrected chi connectivity index (χ3v) is 3.88. The second-order valence-corrected chi connectivity index (χ2v) is 5.36. The molecule has 108 valence electrons. The van der Waals surface area contributed by atoms with Crippen LogP contribution in [0.3, 0.4) is 0 Å². The van der Waals surface area contributed by atoms with Crippen molar-refractivity contribution in [1.82, 2.24) is 9.97 Å². The maximum Gasteiger partial charge on any atom is 0.354 e. The Morgan fingerprint density at radius 3 is 2.62 bits per heavy atom. The van der Waals surface area contributed by atoms with Crippen LogP contribution in [-0.2, 0) is 0 Å². The van der Waals surface area contributed by atoms with Crippen LogP contribution in [0.25, 0.3) is 11.3 Å². The summed E-state index contributed by atoms with van der Waals surface area (Å²) < 4.78 is 0. The Morgan fingerprint density at radius 2 is 1.95 bits per heavy atom. The molecule has 0 amide bonds. The first-order valence-corrected chi connectivity index (χ1v) is 7.13. The van der Waals surface area contributed by atoms with Gasteiger partial charge >= 0.3 is 5.97 Å². The van der Waals surface area contributed by atoms with Crippen LogP contribution < -0.4 is 4.90 Å². The van der Waals surface area contributed by atoms with E-state index >= 15 is 0 Å². The summed E-state index contributed by atoms with van der Waals surface area (Å²) in [5.41, 5.74) is 2.33. The number of hydrogen-bond acceptors (Lipinski definition) is 4. The molecule has 0 aliphatic carbocycles. The molecule has 21 heavy (non-hydrogen) atoms. The van der Waals surface area contributed by atoms with E-state index in [1.54, 1.807) is 0 Å². The first-order valence-electron chi connectivity index (χ1n) is 6.75. The first-order chi connectivity index (χ1) is 10.1. The van der Waals surface area contributed by atoms with Crippen molar-refractivity contribution in [2.45, 2.75) is 12.8 Å². The molecule has 1 saturated heterocycles. The predicted octanol–water partition coefficient (Wildman–Crippen LogP) is 3.10. The second kappa shape index (κ2) is 5.69. The monoisotopic (exact) mass is 303 g/mol. The first kappa shape index (κ1) is 13.8. The quantitative estimate of drug-likeness (QED) is 0.944. The Hall–Kier alpha value is -2.14. The zero-order chi connectivity index (χ0) is 14.8. The van der Waals surface area contributed by atoms with Crippen LogP contribution in [0.5, 0.6) is 0 Å². The molecule has 2 heterocycles. The molecule has 0 unspecified atom stereocenters. The van der Waals surface area contributed by atoms with E-state index < -0.39 is 5.97 Å². The van der Waals surface area contributed by atoms with Crippen LogP contribution in [0, 0.1) is 0 Å². The Labute approximate surface area is 127 Å². The molecule has 3 rings (SSSR count). The van der Waals surface area contributed by atoms with Crippen molar-refractivity contribution in [2.24, 2.45) is 0 Å². The van der Waals surface area contributed by atoms with Crippen molar-refractivity contribution in [3.05, 3.63) is 41.3 Å². The second-order valence-electron chi connectivity index (χ2n) is 4.95. The summed E-state index contributed by atoms with van der Waals surface area (Å²) in [6.07, 6.45) is 3.62. The standard InChI is InChI=1S/C15H14ClN3O2/c16-11-7-10(3-4-14(11)19-5-1-2-6-19)12-8-13(15(20)21)18-9-17-12/h3-4,7-9H,1-2,5-6H2,(H,20,21). The van der Waals surface area contributed by atoms with Gasteiger partial charge in [0.05, 0.1) is 16.4 Å². The molecule has 0 spiro atoms. The van der Waals surface area contributed by atoms with Gasteiger partial charge in [-0.25, -0.2) is 14.8 Å². The Bertz CT molecular complexity index is 684. The van der Waals surface area contributed by atoms with Gasteiger partial charge in [0.2, 0.25) is 0 Å². The van der Waals surface area contributed by atoms with Crippen LogP contribution >= 0.6 is 11.6 Å². The minimum Gasteiger partial charge on any atom is -0.477 e. The number of benzene rings is 1. The fourth-order valence-corrected chi connectivity index (χ4v) is 2.81. The molecule has 1 N–H and O–H groups in total. The molecule has 0 bridgehead atoms. The number of nitrogens with zero attached hydrogens (tertiary/aromatic N) is 3. The number of carboxylic acids is 1. The van der Waals surface area contributed by atoms with E-state index in [9.17, 15) is 4.79 Å². The lowest BCUT2D eigenvalue weighted by Crippen LogP contribution is -2.17. The Kier molecular flexibility index (Phi) is 3.75. The molecule has 6 heteroatoms. The fraction of sp³-hybridized carbons (Fsp3) is 0.267. The van der Waals surface area contributed by atoms with Gasteiger partial charge in [-0.1, -0.05) is 17.7 Å². The summed E-state index contributed by atoms with van der Waals surface area (Å²) in [4.78, 5) is 21.0. The molecule has 2 aromatic rings. The number of aromatic carboxylic acids is 1. The van der Waals surface area contributed by atoms with Crippen molar-refractivity contribution in [2.75, 3.05) is 18.0 Å². The molecule has 1 fully saturated rings. The number of carboxylic acid groups (broad SMARTS) is 1. The van der Waals surface area contributed by atoms with Crippen LogP contribution in [0.2, 0.25) is 5.02 Å². The van der Waals surface area contributed by atoms with Crippen molar-refractivity contribution in [3.8, 4) is 11.3 Å². The number of aromatic nitrogens is 2. The number of hydrogen-bond donors (Lipinski definition) is 1. The molecule has 5 nitrogen and oxygen atoms in total. The lowest BCUT2D eigenvalue weighted by Gasteiger charge is -2.19. The highest BCUT2D eigenvalue weighted by Gasteiger charge is 2.16. The minimum atomic E-state index is -1.07. The largest absolute Gasteiger partial charge is 0.477 e. The lowest BCUT2D eigenvalue weighted by molar-refractivity contribution is 0.0690. The summed E-state index contributed by atoms with van der Waals surface area (Å²) in [5.74, 6) is -1.07. The molecular formula is C15H14ClN3O2. The van der Waals surface area contributed by atoms with Gasteiger partial charge in [-0.05, 0) is 31.0 Å². The van der Waals surface area contributed by atoms with Crippen molar-refractivity contribution < 1.29 is 9.90 Å². The van der Waals surface area contributed by atoms with Gasteiger partial charge in [-0.2, -0.15) is 0 Å². The van der Waals surface area contributed by atoms with Crippen molar-refractivity contribution in [1.29, 1.82) is 0 Å². The van der Waals surface area contributed by atoms with Crippen molar-refractivity contribution >= 4 is 23.3 Å². The molecule has 1 aliphatic rings. The molecule has 1 aromatic carbocycles. The number of carbonyl (C=O) groups is 1. The average molecular weight is 304 g/mol. The van der Waals surface area contributed by atoms with E-state index in [1.165, 1.54) is 25.2 Å². The van der Waals surface area contributed by atoms with Gasteiger partial charge in [0.1, 0.15) is 6.33 Å². The van der Waals surface area contributed by atoms with Crippen LogP contribution in [0.4, 0.5) is 5.69 Å². The summed E-state index contributed by atoms with van der Waals surface area (Å²) in [6.45, 7) is 2.05. The van der Waals surface area contributed by atoms with E-state index in [0.29, 0.717) is 10.7 Å². The van der Waals surface area contributed by atoms with E-state index in [2.05, 4.69) is 14.9 Å². The molecule has 1 aromatic heterocycles. The zero-order valence-electron chi connectivity index (χ0n) is 11.3. The Balaban J connectivity index is 1.94. The van der Waals surface area contributed by atoms with Gasteiger partial charge in [0.15, 0.2) is 5.69 Å². The maximum absolute atomic E-state index is 11.0. The number of anilines is 1. The van der Waals surface area contributed by atoms with E-state index in [-0.39, 0.29) is 5.69 Å². The van der Waals surface area contributed by atoms with Crippen LogP contribution in [0.1, 0.15) is 23.3 Å². The third-order valence-electron chi connectivity index (χ3n) is 3.58. The topological polar surface area (TPSA) is 66.3 Å². The fourth-order valence-electron chi connectivity index (χ4n) is 2.51. The van der Waals surface area contributed by atoms with Crippen molar-refractivity contribution in [3.63, 3.8) is 0 Å². The molecule has 1 aliphatic heterocycles. The maximum atomic E-state index is 11.0. The SMILES string of the molecule is O=C(O)c1cc(-c2ccc(N3CCCC3)c(Cl)c2)ncn1.